The number of hydrogen-bond acceptors (Lipinski definition) is 5. The van der Waals surface area contributed by atoms with E-state index in [1.54, 1.807) is 0 Å². The molecule has 2 amide bonds. The number of amides is 2. The Morgan fingerprint density at radius 1 is 1.35 bits per heavy atom. The van der Waals surface area contributed by atoms with Gasteiger partial charge in [0.1, 0.15) is 6.04 Å². The Kier molecular flexibility index (Phi) is 7.65. The highest BCUT2D eigenvalue weighted by molar-refractivity contribution is 5.88. The van der Waals surface area contributed by atoms with E-state index in [1.165, 1.54) is 7.11 Å². The summed E-state index contributed by atoms with van der Waals surface area (Å²) in [6.07, 6.45) is 0.155. The molecule has 0 aliphatic carbocycles. The molecule has 0 rings (SSSR count). The lowest BCUT2D eigenvalue weighted by Gasteiger charge is -2.14. The smallest absolute Gasteiger partial charge is 0.326 e. The molecule has 98 valence electrons. The fourth-order valence-electron chi connectivity index (χ4n) is 0.989. The number of aliphatic carboxylic acids is 1. The maximum Gasteiger partial charge on any atom is 0.326 e. The highest BCUT2D eigenvalue weighted by Crippen LogP contribution is 1.92. The highest BCUT2D eigenvalue weighted by atomic mass is 16.5. The Labute approximate surface area is 98.5 Å². The normalized spacial score (nSPS) is 11.6. The third kappa shape index (κ3) is 7.25. The van der Waals surface area contributed by atoms with Gasteiger partial charge in [0.2, 0.25) is 11.8 Å². The Hall–Kier alpha value is -1.67. The zero-order valence-corrected chi connectivity index (χ0v) is 9.56. The van der Waals surface area contributed by atoms with Gasteiger partial charge in [-0.15, -0.1) is 0 Å². The fraction of sp³-hybridized carbons (Fsp3) is 0.667. The second-order valence-corrected chi connectivity index (χ2v) is 3.22. The molecule has 0 fully saturated rings. The topological polar surface area (TPSA) is 131 Å². The maximum absolute atomic E-state index is 11.3. The molecule has 5 N–H and O–H groups in total. The van der Waals surface area contributed by atoms with Crippen LogP contribution in [0.3, 0.4) is 0 Å². The number of carboxylic acids is 1. The van der Waals surface area contributed by atoms with Gasteiger partial charge in [-0.1, -0.05) is 0 Å². The molecule has 0 aromatic rings. The number of methoxy groups -OCH3 is 1. The zero-order valence-electron chi connectivity index (χ0n) is 9.56. The second-order valence-electron chi connectivity index (χ2n) is 3.22. The van der Waals surface area contributed by atoms with Crippen molar-refractivity contribution in [3.05, 3.63) is 0 Å². The van der Waals surface area contributed by atoms with E-state index >= 15 is 0 Å². The number of carbonyl (C=O) groups excluding carboxylic acids is 2. The van der Waals surface area contributed by atoms with Crippen molar-refractivity contribution in [2.45, 2.75) is 12.5 Å². The minimum absolute atomic E-state index is 0.155. The monoisotopic (exact) mass is 247 g/mol. The van der Waals surface area contributed by atoms with Crippen molar-refractivity contribution in [2.75, 3.05) is 26.8 Å². The predicted octanol–water partition coefficient (Wildman–Crippen LogP) is -2.33. The SMILES string of the molecule is COCCC(NC(=O)CNC(=O)CN)C(=O)O. The van der Waals surface area contributed by atoms with Crippen LogP contribution in [-0.4, -0.2) is 55.7 Å². The van der Waals surface area contributed by atoms with Crippen LogP contribution in [-0.2, 0) is 19.1 Å². The number of ether oxygens (including phenoxy) is 1. The van der Waals surface area contributed by atoms with Crippen molar-refractivity contribution >= 4 is 17.8 Å². The Morgan fingerprint density at radius 3 is 2.47 bits per heavy atom. The van der Waals surface area contributed by atoms with E-state index in [-0.39, 0.29) is 26.1 Å². The minimum Gasteiger partial charge on any atom is -0.480 e. The molecule has 0 heterocycles. The molecule has 0 aromatic carbocycles. The van der Waals surface area contributed by atoms with Gasteiger partial charge in [0, 0.05) is 20.1 Å². The van der Waals surface area contributed by atoms with Crippen LogP contribution in [0.2, 0.25) is 0 Å². The van der Waals surface area contributed by atoms with Crippen LogP contribution >= 0.6 is 0 Å². The molecule has 0 aliphatic rings. The summed E-state index contributed by atoms with van der Waals surface area (Å²) in [6, 6.07) is -1.03. The third-order valence-corrected chi connectivity index (χ3v) is 1.88. The first-order valence-electron chi connectivity index (χ1n) is 4.99. The molecule has 0 saturated heterocycles. The molecule has 0 aromatic heterocycles. The zero-order chi connectivity index (χ0) is 13.3. The quantitative estimate of drug-likeness (QED) is 0.380. The first-order chi connectivity index (χ1) is 8.01. The van der Waals surface area contributed by atoms with Gasteiger partial charge in [-0.25, -0.2) is 4.79 Å². The summed E-state index contributed by atoms with van der Waals surface area (Å²) in [5.74, 6) is -2.22. The molecule has 1 atom stereocenters. The Balaban J connectivity index is 4.03. The van der Waals surface area contributed by atoms with Gasteiger partial charge in [0.15, 0.2) is 0 Å². The lowest BCUT2D eigenvalue weighted by Crippen LogP contribution is -2.46. The van der Waals surface area contributed by atoms with Gasteiger partial charge in [0.05, 0.1) is 13.1 Å². The average Bonchev–Trinajstić information content (AvgIpc) is 2.30. The van der Waals surface area contributed by atoms with Crippen LogP contribution < -0.4 is 16.4 Å². The number of nitrogens with two attached hydrogens (primary N) is 1. The van der Waals surface area contributed by atoms with Crippen molar-refractivity contribution in [1.29, 1.82) is 0 Å². The fourth-order valence-corrected chi connectivity index (χ4v) is 0.989. The van der Waals surface area contributed by atoms with E-state index in [4.69, 9.17) is 15.6 Å². The van der Waals surface area contributed by atoms with Crippen LogP contribution in [0, 0.1) is 0 Å². The first kappa shape index (κ1) is 15.3. The standard InChI is InChI=1S/C9H17N3O5/c1-17-3-2-6(9(15)16)12-8(14)5-11-7(13)4-10/h6H,2-5,10H2,1H3,(H,11,13)(H,12,14)(H,15,16). The van der Waals surface area contributed by atoms with Crippen LogP contribution in [0.4, 0.5) is 0 Å². The van der Waals surface area contributed by atoms with Gasteiger partial charge in [0.25, 0.3) is 0 Å². The van der Waals surface area contributed by atoms with E-state index in [1.807, 2.05) is 0 Å². The molecule has 0 saturated carbocycles. The van der Waals surface area contributed by atoms with Crippen molar-refractivity contribution in [1.82, 2.24) is 10.6 Å². The molecule has 0 spiro atoms. The van der Waals surface area contributed by atoms with Gasteiger partial charge in [-0.3, -0.25) is 9.59 Å². The Morgan fingerprint density at radius 2 is 2.00 bits per heavy atom. The molecule has 1 unspecified atom stereocenters. The van der Waals surface area contributed by atoms with Crippen molar-refractivity contribution in [3.8, 4) is 0 Å². The lowest BCUT2D eigenvalue weighted by atomic mass is 10.2. The molecule has 17 heavy (non-hydrogen) atoms. The van der Waals surface area contributed by atoms with E-state index in [0.717, 1.165) is 0 Å². The number of carbonyl (C=O) groups is 3. The number of nitrogens with one attached hydrogen (secondary N) is 2. The van der Waals surface area contributed by atoms with Crippen LogP contribution in [0.5, 0.6) is 0 Å². The Bertz CT molecular complexity index is 282. The molecule has 0 bridgehead atoms. The van der Waals surface area contributed by atoms with Gasteiger partial charge in [-0.05, 0) is 0 Å². The third-order valence-electron chi connectivity index (χ3n) is 1.88. The summed E-state index contributed by atoms with van der Waals surface area (Å²) >= 11 is 0. The van der Waals surface area contributed by atoms with E-state index in [0.29, 0.717) is 0 Å². The van der Waals surface area contributed by atoms with Gasteiger partial charge < -0.3 is 26.2 Å². The predicted molar refractivity (Wildman–Crippen MR) is 58.1 cm³/mol. The molecular weight excluding hydrogens is 230 g/mol. The lowest BCUT2D eigenvalue weighted by molar-refractivity contribution is -0.142. The van der Waals surface area contributed by atoms with Gasteiger partial charge in [-0.2, -0.15) is 0 Å². The number of rotatable bonds is 8. The largest absolute Gasteiger partial charge is 0.480 e. The van der Waals surface area contributed by atoms with Crippen molar-refractivity contribution < 1.29 is 24.2 Å². The van der Waals surface area contributed by atoms with Crippen molar-refractivity contribution in [2.24, 2.45) is 5.73 Å². The number of carboxylic acid groups (broad SMARTS) is 1. The second kappa shape index (κ2) is 8.48. The van der Waals surface area contributed by atoms with Gasteiger partial charge >= 0.3 is 5.97 Å². The van der Waals surface area contributed by atoms with Crippen LogP contribution in [0.15, 0.2) is 0 Å². The van der Waals surface area contributed by atoms with Crippen molar-refractivity contribution in [3.63, 3.8) is 0 Å². The molecule has 8 heteroatoms. The molecule has 8 nitrogen and oxygen atoms in total. The molecule has 0 aliphatic heterocycles. The van der Waals surface area contributed by atoms with Crippen LogP contribution in [0.1, 0.15) is 6.42 Å². The van der Waals surface area contributed by atoms with E-state index in [2.05, 4.69) is 10.6 Å². The minimum atomic E-state index is -1.15. The first-order valence-corrected chi connectivity index (χ1v) is 4.99. The summed E-state index contributed by atoms with van der Waals surface area (Å²) in [4.78, 5) is 32.8. The number of hydrogen-bond donors (Lipinski definition) is 4. The highest BCUT2D eigenvalue weighted by Gasteiger charge is 2.19. The van der Waals surface area contributed by atoms with E-state index in [9.17, 15) is 14.4 Å². The maximum atomic E-state index is 11.3. The summed E-state index contributed by atoms with van der Waals surface area (Å²) in [5, 5.41) is 13.3. The average molecular weight is 247 g/mol. The molecular formula is C9H17N3O5. The summed E-state index contributed by atoms with van der Waals surface area (Å²) in [6.45, 7) is -0.307. The summed E-state index contributed by atoms with van der Waals surface area (Å²) in [5.41, 5.74) is 5.02. The summed E-state index contributed by atoms with van der Waals surface area (Å²) in [7, 11) is 1.43. The molecule has 0 radical (unpaired) electrons. The summed E-state index contributed by atoms with van der Waals surface area (Å²) < 4.78 is 4.72. The van der Waals surface area contributed by atoms with Crippen LogP contribution in [0.25, 0.3) is 0 Å². The van der Waals surface area contributed by atoms with E-state index < -0.39 is 23.8 Å².